The van der Waals surface area contributed by atoms with Crippen LogP contribution >= 0.6 is 0 Å². The van der Waals surface area contributed by atoms with Crippen molar-refractivity contribution in [3.8, 4) is 0 Å². The average molecular weight is 399 g/mol. The molecule has 0 aromatic carbocycles. The van der Waals surface area contributed by atoms with Crippen LogP contribution in [0.1, 0.15) is 99.3 Å². The summed E-state index contributed by atoms with van der Waals surface area (Å²) < 4.78 is 0. The van der Waals surface area contributed by atoms with Gasteiger partial charge in [0.25, 0.3) is 0 Å². The van der Waals surface area contributed by atoms with E-state index in [0.717, 1.165) is 36.5 Å². The van der Waals surface area contributed by atoms with E-state index in [4.69, 9.17) is 0 Å². The maximum atomic E-state index is 10.2. The summed E-state index contributed by atoms with van der Waals surface area (Å²) in [6, 6.07) is 0. The van der Waals surface area contributed by atoms with Gasteiger partial charge >= 0.3 is 0 Å². The molecule has 0 radical (unpaired) electrons. The fraction of sp³-hybridized carbons (Fsp3) is 0.857. The lowest BCUT2D eigenvalue weighted by molar-refractivity contribution is -0.0424. The Bertz CT molecular complexity index is 672. The van der Waals surface area contributed by atoms with Crippen molar-refractivity contribution in [1.29, 1.82) is 0 Å². The number of hydrogen-bond acceptors (Lipinski definition) is 1. The van der Waals surface area contributed by atoms with Gasteiger partial charge in [-0.1, -0.05) is 57.9 Å². The number of aliphatic hydroxyl groups excluding tert-OH is 1. The molecule has 1 N–H and O–H groups in total. The Hall–Kier alpha value is -0.560. The summed E-state index contributed by atoms with van der Waals surface area (Å²) in [5.41, 5.74) is 4.38. The van der Waals surface area contributed by atoms with Crippen LogP contribution in [0.25, 0.3) is 0 Å². The van der Waals surface area contributed by atoms with Gasteiger partial charge in [-0.2, -0.15) is 0 Å². The molecule has 4 aliphatic carbocycles. The van der Waals surface area contributed by atoms with Crippen LogP contribution in [0.2, 0.25) is 0 Å². The number of fused-ring (bicyclic) bond motifs is 5. The van der Waals surface area contributed by atoms with E-state index in [1.165, 1.54) is 44.9 Å². The highest BCUT2D eigenvalue weighted by Crippen LogP contribution is 2.66. The van der Waals surface area contributed by atoms with Crippen molar-refractivity contribution < 1.29 is 5.11 Å². The van der Waals surface area contributed by atoms with Crippen molar-refractivity contribution in [2.24, 2.45) is 46.3 Å². The number of hydrogen-bond donors (Lipinski definition) is 1. The molecule has 8 atom stereocenters. The van der Waals surface area contributed by atoms with Crippen LogP contribution in [0.5, 0.6) is 0 Å². The van der Waals surface area contributed by atoms with Crippen molar-refractivity contribution in [1.82, 2.24) is 0 Å². The van der Waals surface area contributed by atoms with Crippen LogP contribution in [0.15, 0.2) is 23.3 Å². The predicted octanol–water partition coefficient (Wildman–Crippen LogP) is 7.55. The minimum atomic E-state index is -0.0454. The Labute approximate surface area is 180 Å². The van der Waals surface area contributed by atoms with E-state index in [9.17, 15) is 5.11 Å². The van der Waals surface area contributed by atoms with E-state index in [-0.39, 0.29) is 6.10 Å². The Kier molecular flexibility index (Phi) is 5.86. The predicted molar refractivity (Wildman–Crippen MR) is 124 cm³/mol. The molecule has 4 rings (SSSR count). The third-order valence-corrected chi connectivity index (χ3v) is 10.5. The van der Waals surface area contributed by atoms with Gasteiger partial charge in [0, 0.05) is 0 Å². The molecule has 164 valence electrons. The van der Waals surface area contributed by atoms with E-state index in [1.807, 2.05) is 5.57 Å². The number of allylic oxidation sites excluding steroid dienone is 4. The highest BCUT2D eigenvalue weighted by Gasteiger charge is 2.58. The molecule has 3 fully saturated rings. The Morgan fingerprint density at radius 3 is 2.48 bits per heavy atom. The van der Waals surface area contributed by atoms with Crippen molar-refractivity contribution in [3.05, 3.63) is 23.3 Å². The van der Waals surface area contributed by atoms with E-state index >= 15 is 0 Å². The third-order valence-electron chi connectivity index (χ3n) is 10.5. The largest absolute Gasteiger partial charge is 0.393 e. The van der Waals surface area contributed by atoms with Crippen LogP contribution < -0.4 is 0 Å². The molecule has 1 nitrogen and oxygen atoms in total. The minimum Gasteiger partial charge on any atom is -0.393 e. The molecule has 0 bridgehead atoms. The van der Waals surface area contributed by atoms with Gasteiger partial charge in [0.1, 0.15) is 0 Å². The average Bonchev–Trinajstić information content (AvgIpc) is 3.03. The number of rotatable bonds is 4. The van der Waals surface area contributed by atoms with Crippen molar-refractivity contribution in [3.63, 3.8) is 0 Å². The molecule has 0 aromatic rings. The Morgan fingerprint density at radius 2 is 1.76 bits per heavy atom. The lowest BCUT2D eigenvalue weighted by Crippen LogP contribution is -2.49. The normalized spacial score (nSPS) is 46.0. The molecule has 0 saturated heterocycles. The Morgan fingerprint density at radius 1 is 1.07 bits per heavy atom. The quantitative estimate of drug-likeness (QED) is 0.484. The van der Waals surface area contributed by atoms with E-state index in [1.54, 1.807) is 5.57 Å². The van der Waals surface area contributed by atoms with Crippen LogP contribution in [0.4, 0.5) is 0 Å². The van der Waals surface area contributed by atoms with Gasteiger partial charge in [-0.3, -0.25) is 0 Å². The lowest BCUT2D eigenvalue weighted by atomic mass is 9.47. The highest BCUT2D eigenvalue weighted by atomic mass is 16.3. The van der Waals surface area contributed by atoms with Crippen LogP contribution in [0, 0.1) is 46.3 Å². The third kappa shape index (κ3) is 3.58. The molecular weight excluding hydrogens is 352 g/mol. The van der Waals surface area contributed by atoms with Gasteiger partial charge < -0.3 is 5.11 Å². The smallest absolute Gasteiger partial charge is 0.0543 e. The Balaban J connectivity index is 1.53. The fourth-order valence-electron chi connectivity index (χ4n) is 8.24. The van der Waals surface area contributed by atoms with Gasteiger partial charge in [-0.05, 0) is 111 Å². The number of aliphatic hydroxyl groups is 1. The SMILES string of the molecule is CC(=CC[C@@H](C)[C@H]1CC[C@H]2C3=CCC4CC(O)CC[C@]4(C)[C@H]3CC[C@]12C)C(C)C. The van der Waals surface area contributed by atoms with Crippen molar-refractivity contribution in [2.75, 3.05) is 0 Å². The second kappa shape index (κ2) is 7.85. The van der Waals surface area contributed by atoms with Gasteiger partial charge in [0.15, 0.2) is 0 Å². The zero-order valence-electron chi connectivity index (χ0n) is 20.0. The topological polar surface area (TPSA) is 20.2 Å². The van der Waals surface area contributed by atoms with Crippen LogP contribution in [-0.2, 0) is 0 Å². The molecule has 0 aliphatic heterocycles. The first-order valence-corrected chi connectivity index (χ1v) is 12.7. The maximum Gasteiger partial charge on any atom is 0.0543 e. The zero-order chi connectivity index (χ0) is 21.0. The molecule has 4 aliphatic rings. The van der Waals surface area contributed by atoms with Gasteiger partial charge in [0.2, 0.25) is 0 Å². The first-order chi connectivity index (χ1) is 13.7. The maximum absolute atomic E-state index is 10.2. The molecule has 0 heterocycles. The summed E-state index contributed by atoms with van der Waals surface area (Å²) in [7, 11) is 0. The molecule has 0 aromatic heterocycles. The zero-order valence-corrected chi connectivity index (χ0v) is 20.0. The van der Waals surface area contributed by atoms with Crippen LogP contribution in [-0.4, -0.2) is 11.2 Å². The highest BCUT2D eigenvalue weighted by molar-refractivity contribution is 5.27. The van der Waals surface area contributed by atoms with Gasteiger partial charge in [-0.25, -0.2) is 0 Å². The van der Waals surface area contributed by atoms with Crippen LogP contribution in [0.3, 0.4) is 0 Å². The molecule has 29 heavy (non-hydrogen) atoms. The molecule has 3 saturated carbocycles. The van der Waals surface area contributed by atoms with Gasteiger partial charge in [0.05, 0.1) is 6.10 Å². The molecule has 0 amide bonds. The standard InChI is InChI=1S/C28H46O/c1-18(2)19(3)7-8-20(4)24-11-12-25-23-10-9-21-17-22(29)13-15-27(21,5)26(23)14-16-28(24,25)6/h7,10,18,20-22,24-26,29H,8-9,11-17H2,1-6H3/t20-,21?,22?,24-,25+,26+,27+,28-/m1/s1. The summed E-state index contributed by atoms with van der Waals surface area (Å²) >= 11 is 0. The summed E-state index contributed by atoms with van der Waals surface area (Å²) in [6.07, 6.45) is 16.6. The lowest BCUT2D eigenvalue weighted by Gasteiger charge is -2.57. The van der Waals surface area contributed by atoms with E-state index in [2.05, 4.69) is 53.7 Å². The van der Waals surface area contributed by atoms with Gasteiger partial charge in [-0.15, -0.1) is 0 Å². The summed E-state index contributed by atoms with van der Waals surface area (Å²) in [6.45, 7) is 14.7. The second-order valence-electron chi connectivity index (χ2n) is 12.2. The summed E-state index contributed by atoms with van der Waals surface area (Å²) in [5, 5.41) is 10.2. The second-order valence-corrected chi connectivity index (χ2v) is 12.2. The van der Waals surface area contributed by atoms with E-state index < -0.39 is 0 Å². The monoisotopic (exact) mass is 398 g/mol. The molecule has 0 spiro atoms. The first kappa shape index (κ1) is 21.7. The van der Waals surface area contributed by atoms with Crippen molar-refractivity contribution in [2.45, 2.75) is 105 Å². The first-order valence-electron chi connectivity index (χ1n) is 12.7. The minimum absolute atomic E-state index is 0.0454. The molecular formula is C28H46O. The fourth-order valence-corrected chi connectivity index (χ4v) is 8.24. The molecule has 1 heteroatoms. The summed E-state index contributed by atoms with van der Waals surface area (Å²) in [5.74, 6) is 4.69. The molecule has 2 unspecified atom stereocenters. The van der Waals surface area contributed by atoms with E-state index in [0.29, 0.717) is 22.7 Å². The summed E-state index contributed by atoms with van der Waals surface area (Å²) in [4.78, 5) is 0. The van der Waals surface area contributed by atoms with Crippen molar-refractivity contribution >= 4 is 0 Å².